The van der Waals surface area contributed by atoms with Crippen molar-refractivity contribution in [2.24, 2.45) is 0 Å². The summed E-state index contributed by atoms with van der Waals surface area (Å²) in [5, 5.41) is 6.34. The third-order valence-corrected chi connectivity index (χ3v) is 4.11. The van der Waals surface area contributed by atoms with Crippen LogP contribution in [0.5, 0.6) is 0 Å². The van der Waals surface area contributed by atoms with Gasteiger partial charge in [-0.2, -0.15) is 11.8 Å². The van der Waals surface area contributed by atoms with Crippen molar-refractivity contribution in [3.8, 4) is 0 Å². The number of carbonyl (C=O) groups is 1. The molecule has 4 heteroatoms. The summed E-state index contributed by atoms with van der Waals surface area (Å²) in [5.74, 6) is 1.22. The highest BCUT2D eigenvalue weighted by molar-refractivity contribution is 7.98. The largest absolute Gasteiger partial charge is 0.352 e. The number of benzene rings is 1. The van der Waals surface area contributed by atoms with E-state index in [4.69, 9.17) is 0 Å². The highest BCUT2D eigenvalue weighted by Crippen LogP contribution is 2.15. The molecule has 0 unspecified atom stereocenters. The number of carbonyl (C=O) groups excluding carboxylic acids is 1. The molecule has 0 saturated heterocycles. The van der Waals surface area contributed by atoms with Gasteiger partial charge in [-0.1, -0.05) is 6.07 Å². The van der Waals surface area contributed by atoms with Crippen LogP contribution in [0.3, 0.4) is 0 Å². The summed E-state index contributed by atoms with van der Waals surface area (Å²) in [6.45, 7) is 2.69. The van der Waals surface area contributed by atoms with Crippen LogP contribution in [-0.2, 0) is 13.0 Å². The van der Waals surface area contributed by atoms with Crippen molar-refractivity contribution in [3.05, 3.63) is 34.9 Å². The van der Waals surface area contributed by atoms with Gasteiger partial charge in [0.15, 0.2) is 0 Å². The molecule has 2 rings (SSSR count). The predicted octanol–water partition coefficient (Wildman–Crippen LogP) is 2.21. The fraction of sp³-hybridized carbons (Fsp3) is 0.533. The van der Waals surface area contributed by atoms with E-state index in [9.17, 15) is 4.79 Å². The molecular weight excluding hydrogens is 256 g/mol. The Labute approximate surface area is 119 Å². The molecule has 0 saturated carbocycles. The molecule has 1 aromatic carbocycles. The Balaban J connectivity index is 1.85. The standard InChI is InChI=1S/C15H22N2OS/c1-19-9-3-2-7-17-15(18)13-5-4-12-6-8-16-11-14(12)10-13/h4-5,10,16H,2-3,6-9,11H2,1H3,(H,17,18). The van der Waals surface area contributed by atoms with Gasteiger partial charge in [0.05, 0.1) is 0 Å². The third kappa shape index (κ3) is 4.25. The van der Waals surface area contributed by atoms with E-state index in [1.54, 1.807) is 0 Å². The van der Waals surface area contributed by atoms with Crippen LogP contribution >= 0.6 is 11.8 Å². The molecule has 1 aromatic rings. The molecule has 0 atom stereocenters. The van der Waals surface area contributed by atoms with Crippen LogP contribution < -0.4 is 10.6 Å². The Morgan fingerprint density at radius 1 is 1.37 bits per heavy atom. The van der Waals surface area contributed by atoms with E-state index in [1.807, 2.05) is 23.9 Å². The first-order valence-electron chi connectivity index (χ1n) is 6.91. The van der Waals surface area contributed by atoms with E-state index in [0.29, 0.717) is 0 Å². The van der Waals surface area contributed by atoms with Crippen LogP contribution in [0.25, 0.3) is 0 Å². The molecule has 2 N–H and O–H groups in total. The van der Waals surface area contributed by atoms with Gasteiger partial charge in [-0.05, 0) is 61.1 Å². The Morgan fingerprint density at radius 2 is 2.26 bits per heavy atom. The molecule has 1 aliphatic rings. The number of unbranched alkanes of at least 4 members (excludes halogenated alkanes) is 1. The number of hydrogen-bond acceptors (Lipinski definition) is 3. The maximum absolute atomic E-state index is 12.0. The molecular formula is C15H22N2OS. The topological polar surface area (TPSA) is 41.1 Å². The molecule has 0 radical (unpaired) electrons. The van der Waals surface area contributed by atoms with E-state index in [0.717, 1.165) is 44.5 Å². The minimum atomic E-state index is 0.0533. The zero-order valence-corrected chi connectivity index (χ0v) is 12.3. The second-order valence-corrected chi connectivity index (χ2v) is 5.85. The van der Waals surface area contributed by atoms with Crippen LogP contribution in [0.1, 0.15) is 34.3 Å². The van der Waals surface area contributed by atoms with Gasteiger partial charge in [0.2, 0.25) is 0 Å². The summed E-state index contributed by atoms with van der Waals surface area (Å²) >= 11 is 1.85. The molecule has 1 aliphatic heterocycles. The number of fused-ring (bicyclic) bond motifs is 1. The van der Waals surface area contributed by atoms with Crippen LogP contribution in [-0.4, -0.2) is 31.0 Å². The lowest BCUT2D eigenvalue weighted by Crippen LogP contribution is -2.27. The second kappa shape index (κ2) is 7.56. The first kappa shape index (κ1) is 14.4. The summed E-state index contributed by atoms with van der Waals surface area (Å²) in [4.78, 5) is 12.0. The minimum Gasteiger partial charge on any atom is -0.352 e. The number of rotatable bonds is 6. The SMILES string of the molecule is CSCCCCNC(=O)c1ccc2c(c1)CNCC2. The monoisotopic (exact) mass is 278 g/mol. The van der Waals surface area contributed by atoms with E-state index in [1.165, 1.54) is 16.9 Å². The van der Waals surface area contributed by atoms with Crippen molar-refractivity contribution >= 4 is 17.7 Å². The molecule has 0 fully saturated rings. The quantitative estimate of drug-likeness (QED) is 0.784. The van der Waals surface area contributed by atoms with Crippen molar-refractivity contribution < 1.29 is 4.79 Å². The van der Waals surface area contributed by atoms with E-state index in [-0.39, 0.29) is 5.91 Å². The molecule has 0 spiro atoms. The third-order valence-electron chi connectivity index (χ3n) is 3.42. The van der Waals surface area contributed by atoms with Gasteiger partial charge < -0.3 is 10.6 Å². The average Bonchev–Trinajstić information content (AvgIpc) is 2.46. The Morgan fingerprint density at radius 3 is 3.11 bits per heavy atom. The van der Waals surface area contributed by atoms with Crippen LogP contribution in [0.4, 0.5) is 0 Å². The van der Waals surface area contributed by atoms with Gasteiger partial charge in [0, 0.05) is 18.7 Å². The normalized spacial score (nSPS) is 13.9. The Bertz CT molecular complexity index is 434. The lowest BCUT2D eigenvalue weighted by atomic mass is 9.98. The summed E-state index contributed by atoms with van der Waals surface area (Å²) in [7, 11) is 0. The van der Waals surface area contributed by atoms with Gasteiger partial charge in [-0.3, -0.25) is 4.79 Å². The summed E-state index contributed by atoms with van der Waals surface area (Å²) < 4.78 is 0. The lowest BCUT2D eigenvalue weighted by Gasteiger charge is -2.17. The maximum Gasteiger partial charge on any atom is 0.251 e. The van der Waals surface area contributed by atoms with Gasteiger partial charge >= 0.3 is 0 Å². The van der Waals surface area contributed by atoms with E-state index >= 15 is 0 Å². The smallest absolute Gasteiger partial charge is 0.251 e. The van der Waals surface area contributed by atoms with Crippen molar-refractivity contribution in [2.45, 2.75) is 25.8 Å². The highest BCUT2D eigenvalue weighted by Gasteiger charge is 2.11. The number of hydrogen-bond donors (Lipinski definition) is 2. The second-order valence-electron chi connectivity index (χ2n) is 4.87. The molecule has 0 aliphatic carbocycles. The van der Waals surface area contributed by atoms with Gasteiger partial charge in [0.1, 0.15) is 0 Å². The Hall–Kier alpha value is -1.00. The molecule has 0 aromatic heterocycles. The van der Waals surface area contributed by atoms with Crippen molar-refractivity contribution in [3.63, 3.8) is 0 Å². The predicted molar refractivity (Wildman–Crippen MR) is 81.8 cm³/mol. The molecule has 0 bridgehead atoms. The summed E-state index contributed by atoms with van der Waals surface area (Å²) in [6.07, 6.45) is 5.39. The molecule has 1 heterocycles. The van der Waals surface area contributed by atoms with E-state index in [2.05, 4.69) is 23.0 Å². The molecule has 19 heavy (non-hydrogen) atoms. The van der Waals surface area contributed by atoms with Gasteiger partial charge in [-0.25, -0.2) is 0 Å². The fourth-order valence-electron chi connectivity index (χ4n) is 2.30. The first-order chi connectivity index (χ1) is 9.31. The minimum absolute atomic E-state index is 0.0533. The molecule has 1 amide bonds. The van der Waals surface area contributed by atoms with Gasteiger partial charge in [-0.15, -0.1) is 0 Å². The zero-order valence-electron chi connectivity index (χ0n) is 11.5. The Kier molecular flexibility index (Phi) is 5.73. The average molecular weight is 278 g/mol. The van der Waals surface area contributed by atoms with Crippen LogP contribution in [0.15, 0.2) is 18.2 Å². The highest BCUT2D eigenvalue weighted by atomic mass is 32.2. The zero-order chi connectivity index (χ0) is 13.5. The fourth-order valence-corrected chi connectivity index (χ4v) is 2.79. The van der Waals surface area contributed by atoms with Crippen LogP contribution in [0, 0.1) is 0 Å². The lowest BCUT2D eigenvalue weighted by molar-refractivity contribution is 0.0953. The molecule has 3 nitrogen and oxygen atoms in total. The van der Waals surface area contributed by atoms with Crippen molar-refractivity contribution in [2.75, 3.05) is 25.1 Å². The molecule has 104 valence electrons. The summed E-state index contributed by atoms with van der Waals surface area (Å²) in [6, 6.07) is 6.07. The number of thioether (sulfide) groups is 1. The van der Waals surface area contributed by atoms with Gasteiger partial charge in [0.25, 0.3) is 5.91 Å². The first-order valence-corrected chi connectivity index (χ1v) is 8.30. The number of nitrogens with one attached hydrogen (secondary N) is 2. The summed E-state index contributed by atoms with van der Waals surface area (Å²) in [5.41, 5.74) is 3.42. The number of amides is 1. The maximum atomic E-state index is 12.0. The van der Waals surface area contributed by atoms with Crippen molar-refractivity contribution in [1.29, 1.82) is 0 Å². The van der Waals surface area contributed by atoms with E-state index < -0.39 is 0 Å². The van der Waals surface area contributed by atoms with Crippen molar-refractivity contribution in [1.82, 2.24) is 10.6 Å². The van der Waals surface area contributed by atoms with Crippen LogP contribution in [0.2, 0.25) is 0 Å².